The molecule has 0 aromatic heterocycles. The summed E-state index contributed by atoms with van der Waals surface area (Å²) in [6.07, 6.45) is -0.458. The van der Waals surface area contributed by atoms with Crippen molar-refractivity contribution in [3.05, 3.63) is 0 Å². The van der Waals surface area contributed by atoms with Gasteiger partial charge in [-0.25, -0.2) is 0 Å². The number of aliphatic hydroxyl groups excluding tert-OH is 4. The van der Waals surface area contributed by atoms with Gasteiger partial charge in [-0.1, -0.05) is 32.6 Å². The van der Waals surface area contributed by atoms with Gasteiger partial charge in [0.15, 0.2) is 0 Å². The van der Waals surface area contributed by atoms with Crippen molar-refractivity contribution in [1.29, 1.82) is 0 Å². The van der Waals surface area contributed by atoms with Crippen LogP contribution in [0.2, 0.25) is 0 Å². The van der Waals surface area contributed by atoms with Gasteiger partial charge in [0.2, 0.25) is 5.91 Å². The van der Waals surface area contributed by atoms with E-state index < -0.39 is 36.5 Å². The second-order valence-corrected chi connectivity index (χ2v) is 5.80. The monoisotopic (exact) mass is 340 g/mol. The van der Waals surface area contributed by atoms with E-state index in [4.69, 9.17) is 5.73 Å². The van der Waals surface area contributed by atoms with Gasteiger partial charge in [-0.3, -0.25) is 4.79 Å². The predicted octanol–water partition coefficient (Wildman–Crippen LogP) is -0.962. The maximum atomic E-state index is 11.8. The lowest BCUT2D eigenvalue weighted by molar-refractivity contribution is -0.157. The van der Waals surface area contributed by atoms with E-state index in [1.165, 1.54) is 0 Å². The SMILES string of the molecule is CCCCCCCC(=O)N[C@H]1[C@@H](N)[C@H](O)[C@@H](O)[C@H](O)[C@H]1O.Cl. The topological polar surface area (TPSA) is 136 Å². The molecule has 0 aromatic carbocycles. The Kier molecular flexibility index (Phi) is 10.1. The van der Waals surface area contributed by atoms with Crippen molar-refractivity contribution < 1.29 is 25.2 Å². The minimum Gasteiger partial charge on any atom is -0.389 e. The van der Waals surface area contributed by atoms with Gasteiger partial charge < -0.3 is 31.5 Å². The maximum absolute atomic E-state index is 11.8. The van der Waals surface area contributed by atoms with E-state index in [9.17, 15) is 25.2 Å². The van der Waals surface area contributed by atoms with Crippen LogP contribution in [0.4, 0.5) is 0 Å². The highest BCUT2D eigenvalue weighted by atomic mass is 35.5. The molecule has 0 saturated heterocycles. The Morgan fingerprint density at radius 1 is 0.955 bits per heavy atom. The van der Waals surface area contributed by atoms with Gasteiger partial charge in [-0.05, 0) is 6.42 Å². The number of aliphatic hydroxyl groups is 4. The third-order valence-corrected chi connectivity index (χ3v) is 4.06. The average molecular weight is 341 g/mol. The molecule has 0 unspecified atom stereocenters. The maximum Gasteiger partial charge on any atom is 0.220 e. The van der Waals surface area contributed by atoms with Crippen LogP contribution in [0, 0.1) is 0 Å². The molecule has 0 bridgehead atoms. The van der Waals surface area contributed by atoms with Gasteiger partial charge in [0, 0.05) is 6.42 Å². The zero-order valence-electron chi connectivity index (χ0n) is 12.9. The number of carbonyl (C=O) groups is 1. The molecule has 22 heavy (non-hydrogen) atoms. The summed E-state index contributed by atoms with van der Waals surface area (Å²) in [6, 6.07) is -2.00. The van der Waals surface area contributed by atoms with E-state index >= 15 is 0 Å². The fraction of sp³-hybridized carbons (Fsp3) is 0.929. The van der Waals surface area contributed by atoms with Crippen LogP contribution in [0.25, 0.3) is 0 Å². The van der Waals surface area contributed by atoms with E-state index in [0.29, 0.717) is 6.42 Å². The normalized spacial score (nSPS) is 34.8. The lowest BCUT2D eigenvalue weighted by atomic mass is 9.82. The highest BCUT2D eigenvalue weighted by Crippen LogP contribution is 2.20. The molecule has 1 aliphatic rings. The summed E-state index contributed by atoms with van der Waals surface area (Å²) in [6.45, 7) is 2.11. The Morgan fingerprint density at radius 2 is 1.50 bits per heavy atom. The first-order valence-corrected chi connectivity index (χ1v) is 7.67. The molecule has 0 aliphatic heterocycles. The van der Waals surface area contributed by atoms with Crippen molar-refractivity contribution >= 4 is 18.3 Å². The first kappa shape index (κ1) is 21.6. The zero-order valence-corrected chi connectivity index (χ0v) is 13.7. The van der Waals surface area contributed by atoms with Gasteiger partial charge in [0.05, 0.1) is 18.2 Å². The molecule has 8 heteroatoms. The number of nitrogens with one attached hydrogen (secondary N) is 1. The second-order valence-electron chi connectivity index (χ2n) is 5.80. The number of hydrogen-bond donors (Lipinski definition) is 6. The van der Waals surface area contributed by atoms with Crippen molar-refractivity contribution in [3.8, 4) is 0 Å². The predicted molar refractivity (Wildman–Crippen MR) is 84.6 cm³/mol. The summed E-state index contributed by atoms with van der Waals surface area (Å²) in [5.41, 5.74) is 5.71. The Labute approximate surface area is 137 Å². The highest BCUT2D eigenvalue weighted by Gasteiger charge is 2.47. The van der Waals surface area contributed by atoms with Crippen LogP contribution in [-0.2, 0) is 4.79 Å². The third-order valence-electron chi connectivity index (χ3n) is 4.06. The molecule has 7 nitrogen and oxygen atoms in total. The largest absolute Gasteiger partial charge is 0.389 e. The molecule has 0 heterocycles. The zero-order chi connectivity index (χ0) is 16.0. The molecule has 1 rings (SSSR count). The summed E-state index contributed by atoms with van der Waals surface area (Å²) in [5, 5.41) is 41.2. The molecular weight excluding hydrogens is 312 g/mol. The minimum absolute atomic E-state index is 0. The van der Waals surface area contributed by atoms with Crippen LogP contribution in [-0.4, -0.2) is 62.8 Å². The highest BCUT2D eigenvalue weighted by molar-refractivity contribution is 5.85. The smallest absolute Gasteiger partial charge is 0.220 e. The van der Waals surface area contributed by atoms with Crippen LogP contribution in [0.5, 0.6) is 0 Å². The quantitative estimate of drug-likeness (QED) is 0.330. The summed E-state index contributed by atoms with van der Waals surface area (Å²) < 4.78 is 0. The lowest BCUT2D eigenvalue weighted by Crippen LogP contribution is -2.70. The number of carbonyl (C=O) groups excluding carboxylic acids is 1. The molecule has 132 valence electrons. The standard InChI is InChI=1S/C14H28N2O5.ClH/c1-2-3-4-5-6-7-8(17)16-10-9(15)11(18)13(20)14(21)12(10)19;/h9-14,18-21H,2-7,15H2,1H3,(H,16,17);1H/t9-,10+,11+,12+,13-,14-;/m1./s1. The summed E-state index contributed by atoms with van der Waals surface area (Å²) in [7, 11) is 0. The van der Waals surface area contributed by atoms with E-state index in [2.05, 4.69) is 12.2 Å². The molecule has 1 fully saturated rings. The van der Waals surface area contributed by atoms with Gasteiger partial charge in [-0.15, -0.1) is 12.4 Å². The summed E-state index contributed by atoms with van der Waals surface area (Å²) in [5.74, 6) is -0.276. The third kappa shape index (κ3) is 5.64. The van der Waals surface area contributed by atoms with E-state index in [0.717, 1.165) is 32.1 Å². The molecule has 1 saturated carbocycles. The number of hydrogen-bond acceptors (Lipinski definition) is 6. The van der Waals surface area contributed by atoms with Gasteiger partial charge >= 0.3 is 0 Å². The van der Waals surface area contributed by atoms with Crippen molar-refractivity contribution in [2.24, 2.45) is 5.73 Å². The van der Waals surface area contributed by atoms with Crippen molar-refractivity contribution in [2.75, 3.05) is 0 Å². The van der Waals surface area contributed by atoms with Gasteiger partial charge in [0.1, 0.15) is 18.3 Å². The average Bonchev–Trinajstić information content (AvgIpc) is 2.47. The second kappa shape index (κ2) is 10.4. The van der Waals surface area contributed by atoms with Crippen LogP contribution < -0.4 is 11.1 Å². The molecule has 1 amide bonds. The molecule has 0 spiro atoms. The number of unbranched alkanes of at least 4 members (excludes halogenated alkanes) is 4. The molecule has 0 aromatic rings. The summed E-state index contributed by atoms with van der Waals surface area (Å²) in [4.78, 5) is 11.8. The van der Waals surface area contributed by atoms with E-state index in [-0.39, 0.29) is 18.3 Å². The molecule has 1 aliphatic carbocycles. The van der Waals surface area contributed by atoms with Crippen molar-refractivity contribution in [3.63, 3.8) is 0 Å². The Bertz CT molecular complexity index is 318. The molecule has 6 atom stereocenters. The fourth-order valence-corrected chi connectivity index (χ4v) is 2.61. The van der Waals surface area contributed by atoms with Gasteiger partial charge in [0.25, 0.3) is 0 Å². The number of rotatable bonds is 7. The van der Waals surface area contributed by atoms with E-state index in [1.54, 1.807) is 0 Å². The Balaban J connectivity index is 0.00000441. The molecule has 0 radical (unpaired) electrons. The Morgan fingerprint density at radius 3 is 2.09 bits per heavy atom. The first-order chi connectivity index (χ1) is 9.90. The van der Waals surface area contributed by atoms with Crippen LogP contribution in [0.3, 0.4) is 0 Å². The van der Waals surface area contributed by atoms with Crippen molar-refractivity contribution in [2.45, 2.75) is 81.9 Å². The lowest BCUT2D eigenvalue weighted by Gasteiger charge is -2.42. The molecule has 7 N–H and O–H groups in total. The summed E-state index contributed by atoms with van der Waals surface area (Å²) >= 11 is 0. The van der Waals surface area contributed by atoms with Crippen LogP contribution in [0.1, 0.15) is 45.4 Å². The van der Waals surface area contributed by atoms with Crippen LogP contribution >= 0.6 is 12.4 Å². The first-order valence-electron chi connectivity index (χ1n) is 7.67. The van der Waals surface area contributed by atoms with Crippen molar-refractivity contribution in [1.82, 2.24) is 5.32 Å². The molecular formula is C14H29ClN2O5. The number of amides is 1. The fourth-order valence-electron chi connectivity index (χ4n) is 2.61. The number of nitrogens with two attached hydrogens (primary N) is 1. The number of halogens is 1. The van der Waals surface area contributed by atoms with E-state index in [1.807, 2.05) is 0 Å². The van der Waals surface area contributed by atoms with Crippen LogP contribution in [0.15, 0.2) is 0 Å². The Hall–Kier alpha value is -0.440. The van der Waals surface area contributed by atoms with Gasteiger partial charge in [-0.2, -0.15) is 0 Å². The minimum atomic E-state index is -1.53.